The van der Waals surface area contributed by atoms with Gasteiger partial charge in [-0.15, -0.1) is 0 Å². The second kappa shape index (κ2) is 8.99. The first-order chi connectivity index (χ1) is 12.0. The quantitative estimate of drug-likeness (QED) is 0.613. The molecular weight excluding hydrogens is 343 g/mol. The number of benzene rings is 2. The van der Waals surface area contributed by atoms with Crippen molar-refractivity contribution in [2.75, 3.05) is 13.1 Å². The van der Waals surface area contributed by atoms with Gasteiger partial charge in [0, 0.05) is 24.2 Å². The number of hydrogen-bond acceptors (Lipinski definition) is 2. The van der Waals surface area contributed by atoms with Crippen LogP contribution in [0.3, 0.4) is 0 Å². The Labute approximate surface area is 150 Å². The van der Waals surface area contributed by atoms with E-state index in [1.807, 2.05) is 19.1 Å². The predicted octanol–water partition coefficient (Wildman–Crippen LogP) is 3.35. The molecule has 0 aliphatic heterocycles. The highest BCUT2D eigenvalue weighted by Gasteiger charge is 2.09. The number of nitrogens with one attached hydrogen (secondary N) is 2. The van der Waals surface area contributed by atoms with E-state index in [1.165, 1.54) is 24.3 Å². The number of aryl methyl sites for hydroxylation is 1. The Bertz CT molecular complexity index is 806. The molecule has 130 valence electrons. The molecule has 0 unspecified atom stereocenters. The minimum absolute atomic E-state index is 0.0232. The van der Waals surface area contributed by atoms with Crippen LogP contribution in [0.4, 0.5) is 4.39 Å². The SMILES string of the molecule is Cc1ccc(/C=C/C(=O)NCCNC(=O)c2ccccc2F)cc1Cl. The van der Waals surface area contributed by atoms with Crippen LogP contribution in [-0.2, 0) is 4.79 Å². The lowest BCUT2D eigenvalue weighted by molar-refractivity contribution is -0.116. The maximum atomic E-state index is 13.4. The van der Waals surface area contributed by atoms with E-state index in [1.54, 1.807) is 18.2 Å². The summed E-state index contributed by atoms with van der Waals surface area (Å²) in [5.41, 5.74) is 1.76. The first kappa shape index (κ1) is 18.7. The predicted molar refractivity (Wildman–Crippen MR) is 97.0 cm³/mol. The zero-order valence-electron chi connectivity index (χ0n) is 13.7. The number of hydrogen-bond donors (Lipinski definition) is 2. The lowest BCUT2D eigenvalue weighted by Crippen LogP contribution is -2.34. The molecule has 0 atom stereocenters. The van der Waals surface area contributed by atoms with E-state index >= 15 is 0 Å². The largest absolute Gasteiger partial charge is 0.351 e. The van der Waals surface area contributed by atoms with Gasteiger partial charge in [-0.25, -0.2) is 4.39 Å². The van der Waals surface area contributed by atoms with E-state index in [4.69, 9.17) is 11.6 Å². The van der Waals surface area contributed by atoms with Crippen LogP contribution in [0.2, 0.25) is 5.02 Å². The van der Waals surface area contributed by atoms with Crippen LogP contribution in [0.5, 0.6) is 0 Å². The van der Waals surface area contributed by atoms with Gasteiger partial charge in [0.25, 0.3) is 5.91 Å². The summed E-state index contributed by atoms with van der Waals surface area (Å²) >= 11 is 6.02. The van der Waals surface area contributed by atoms with Crippen molar-refractivity contribution < 1.29 is 14.0 Å². The van der Waals surface area contributed by atoms with Gasteiger partial charge in [-0.1, -0.05) is 35.9 Å². The summed E-state index contributed by atoms with van der Waals surface area (Å²) in [6.45, 7) is 2.33. The van der Waals surface area contributed by atoms with Crippen molar-refractivity contribution in [2.24, 2.45) is 0 Å². The van der Waals surface area contributed by atoms with E-state index in [0.717, 1.165) is 11.1 Å². The highest BCUT2D eigenvalue weighted by Crippen LogP contribution is 2.17. The van der Waals surface area contributed by atoms with Gasteiger partial charge in [0.1, 0.15) is 5.82 Å². The average molecular weight is 361 g/mol. The molecule has 0 spiro atoms. The Balaban J connectivity index is 1.75. The standard InChI is InChI=1S/C19H18ClFN2O2/c1-13-6-7-14(12-16(13)20)8-9-18(24)22-10-11-23-19(25)15-4-2-3-5-17(15)21/h2-9,12H,10-11H2,1H3,(H,22,24)(H,23,25)/b9-8+. The summed E-state index contributed by atoms with van der Waals surface area (Å²) in [7, 11) is 0. The number of rotatable bonds is 6. The molecule has 4 nitrogen and oxygen atoms in total. The zero-order valence-corrected chi connectivity index (χ0v) is 14.4. The molecule has 0 aromatic heterocycles. The molecule has 2 aromatic carbocycles. The minimum Gasteiger partial charge on any atom is -0.351 e. The van der Waals surface area contributed by atoms with Crippen LogP contribution in [0.1, 0.15) is 21.5 Å². The fourth-order valence-corrected chi connectivity index (χ4v) is 2.23. The third-order valence-electron chi connectivity index (χ3n) is 3.45. The lowest BCUT2D eigenvalue weighted by atomic mass is 10.1. The number of halogens is 2. The van der Waals surface area contributed by atoms with E-state index in [2.05, 4.69) is 10.6 Å². The van der Waals surface area contributed by atoms with Gasteiger partial charge in [-0.2, -0.15) is 0 Å². The van der Waals surface area contributed by atoms with Crippen LogP contribution in [0.25, 0.3) is 6.08 Å². The average Bonchev–Trinajstić information content (AvgIpc) is 2.60. The molecule has 0 fully saturated rings. The van der Waals surface area contributed by atoms with E-state index in [9.17, 15) is 14.0 Å². The molecule has 0 saturated heterocycles. The molecule has 0 heterocycles. The summed E-state index contributed by atoms with van der Waals surface area (Å²) in [6.07, 6.45) is 3.04. The second-order valence-electron chi connectivity index (χ2n) is 5.37. The maximum Gasteiger partial charge on any atom is 0.254 e. The second-order valence-corrected chi connectivity index (χ2v) is 5.78. The number of carbonyl (C=O) groups is 2. The van der Waals surface area contributed by atoms with Gasteiger partial charge in [-0.05, 0) is 42.3 Å². The molecule has 0 saturated carbocycles. The Morgan fingerprint density at radius 2 is 1.84 bits per heavy atom. The van der Waals surface area contributed by atoms with Crippen LogP contribution < -0.4 is 10.6 Å². The zero-order chi connectivity index (χ0) is 18.2. The monoisotopic (exact) mass is 360 g/mol. The molecule has 2 aromatic rings. The Morgan fingerprint density at radius 1 is 1.12 bits per heavy atom. The molecule has 0 bridgehead atoms. The molecule has 25 heavy (non-hydrogen) atoms. The molecule has 2 N–H and O–H groups in total. The highest BCUT2D eigenvalue weighted by molar-refractivity contribution is 6.31. The van der Waals surface area contributed by atoms with Gasteiger partial charge >= 0.3 is 0 Å². The van der Waals surface area contributed by atoms with Gasteiger partial charge in [0.2, 0.25) is 5.91 Å². The lowest BCUT2D eigenvalue weighted by Gasteiger charge is -2.06. The Kier molecular flexibility index (Phi) is 6.71. The topological polar surface area (TPSA) is 58.2 Å². The summed E-state index contributed by atoms with van der Waals surface area (Å²) in [5, 5.41) is 5.82. The summed E-state index contributed by atoms with van der Waals surface area (Å²) in [5.74, 6) is -1.39. The molecular formula is C19H18ClFN2O2. The van der Waals surface area contributed by atoms with Crippen molar-refractivity contribution >= 4 is 29.5 Å². The van der Waals surface area contributed by atoms with Crippen molar-refractivity contribution in [3.8, 4) is 0 Å². The summed E-state index contributed by atoms with van der Waals surface area (Å²) < 4.78 is 13.4. The van der Waals surface area contributed by atoms with Crippen LogP contribution in [0, 0.1) is 12.7 Å². The Hall–Kier alpha value is -2.66. The molecule has 6 heteroatoms. The van der Waals surface area contributed by atoms with E-state index in [-0.39, 0.29) is 24.6 Å². The van der Waals surface area contributed by atoms with Crippen molar-refractivity contribution in [3.05, 3.63) is 76.1 Å². The fourth-order valence-electron chi connectivity index (χ4n) is 2.05. The van der Waals surface area contributed by atoms with Crippen LogP contribution in [-0.4, -0.2) is 24.9 Å². The first-order valence-electron chi connectivity index (χ1n) is 7.72. The first-order valence-corrected chi connectivity index (χ1v) is 8.10. The van der Waals surface area contributed by atoms with Gasteiger partial charge in [0.05, 0.1) is 5.56 Å². The van der Waals surface area contributed by atoms with E-state index < -0.39 is 11.7 Å². The number of amides is 2. The van der Waals surface area contributed by atoms with Crippen molar-refractivity contribution in [1.29, 1.82) is 0 Å². The normalized spacial score (nSPS) is 10.7. The summed E-state index contributed by atoms with van der Waals surface area (Å²) in [4.78, 5) is 23.5. The smallest absolute Gasteiger partial charge is 0.254 e. The van der Waals surface area contributed by atoms with Crippen molar-refractivity contribution in [3.63, 3.8) is 0 Å². The fraction of sp³-hybridized carbons (Fsp3) is 0.158. The number of carbonyl (C=O) groups excluding carboxylic acids is 2. The Morgan fingerprint density at radius 3 is 2.56 bits per heavy atom. The third kappa shape index (κ3) is 5.72. The van der Waals surface area contributed by atoms with Crippen molar-refractivity contribution in [1.82, 2.24) is 10.6 Å². The van der Waals surface area contributed by atoms with Gasteiger partial charge < -0.3 is 10.6 Å². The maximum absolute atomic E-state index is 13.4. The van der Waals surface area contributed by atoms with Gasteiger partial charge in [0.15, 0.2) is 0 Å². The van der Waals surface area contributed by atoms with Crippen LogP contribution in [0.15, 0.2) is 48.5 Å². The van der Waals surface area contributed by atoms with E-state index in [0.29, 0.717) is 5.02 Å². The molecule has 0 radical (unpaired) electrons. The minimum atomic E-state index is -0.580. The molecule has 2 rings (SSSR count). The van der Waals surface area contributed by atoms with Crippen LogP contribution >= 0.6 is 11.6 Å². The highest BCUT2D eigenvalue weighted by atomic mass is 35.5. The summed E-state index contributed by atoms with van der Waals surface area (Å²) in [6, 6.07) is 11.2. The molecule has 0 aliphatic rings. The van der Waals surface area contributed by atoms with Gasteiger partial charge in [-0.3, -0.25) is 9.59 Å². The molecule has 2 amide bonds. The third-order valence-corrected chi connectivity index (χ3v) is 3.86. The molecule has 0 aliphatic carbocycles. The van der Waals surface area contributed by atoms with Crippen molar-refractivity contribution in [2.45, 2.75) is 6.92 Å².